The van der Waals surface area contributed by atoms with E-state index in [0.717, 1.165) is 19.4 Å². The third-order valence-electron chi connectivity index (χ3n) is 3.79. The predicted octanol–water partition coefficient (Wildman–Crippen LogP) is 3.41. The Morgan fingerprint density at radius 1 is 1.05 bits per heavy atom. The minimum absolute atomic E-state index is 0.338. The van der Waals surface area contributed by atoms with Crippen LogP contribution in [0.5, 0.6) is 0 Å². The van der Waals surface area contributed by atoms with Crippen molar-refractivity contribution in [1.29, 1.82) is 5.26 Å². The number of hydrogen-bond donors (Lipinski definition) is 1. The first-order chi connectivity index (χ1) is 9.31. The Morgan fingerprint density at radius 3 is 2.58 bits per heavy atom. The van der Waals surface area contributed by atoms with Gasteiger partial charge in [0.25, 0.3) is 0 Å². The molecule has 0 saturated carbocycles. The third-order valence-corrected chi connectivity index (χ3v) is 3.79. The molecule has 0 bridgehead atoms. The van der Waals surface area contributed by atoms with Gasteiger partial charge in [-0.3, -0.25) is 0 Å². The Hall–Kier alpha value is -2.27. The summed E-state index contributed by atoms with van der Waals surface area (Å²) in [6.07, 6.45) is 1.62. The Kier molecular flexibility index (Phi) is 2.97. The summed E-state index contributed by atoms with van der Waals surface area (Å²) in [5, 5.41) is 13.0. The molecule has 2 nitrogen and oxygen atoms in total. The van der Waals surface area contributed by atoms with Crippen LogP contribution in [0.15, 0.2) is 54.6 Å². The summed E-state index contributed by atoms with van der Waals surface area (Å²) in [7, 11) is 0. The molecule has 19 heavy (non-hydrogen) atoms. The zero-order valence-corrected chi connectivity index (χ0v) is 10.8. The van der Waals surface area contributed by atoms with E-state index in [1.807, 2.05) is 30.3 Å². The van der Waals surface area contributed by atoms with Gasteiger partial charge in [-0.25, -0.2) is 0 Å². The van der Waals surface area contributed by atoms with E-state index >= 15 is 0 Å². The molecular formula is C17H16N2. The van der Waals surface area contributed by atoms with Crippen molar-refractivity contribution in [3.8, 4) is 6.07 Å². The quantitative estimate of drug-likeness (QED) is 0.884. The molecule has 94 valence electrons. The molecule has 1 heterocycles. The first-order valence-corrected chi connectivity index (χ1v) is 6.58. The third kappa shape index (κ3) is 2.32. The van der Waals surface area contributed by atoms with Gasteiger partial charge in [0.15, 0.2) is 0 Å². The average Bonchev–Trinajstić information content (AvgIpc) is 2.48. The van der Waals surface area contributed by atoms with E-state index in [1.54, 1.807) is 0 Å². The maximum Gasteiger partial charge on any atom is 0.0826 e. The van der Waals surface area contributed by atoms with E-state index in [2.05, 4.69) is 35.7 Å². The number of para-hydroxylation sites is 1. The Bertz CT molecular complexity index is 613. The van der Waals surface area contributed by atoms with Crippen molar-refractivity contribution in [2.75, 3.05) is 11.9 Å². The van der Waals surface area contributed by atoms with Crippen LogP contribution in [-0.4, -0.2) is 6.54 Å². The van der Waals surface area contributed by atoms with Crippen LogP contribution in [0, 0.1) is 16.7 Å². The van der Waals surface area contributed by atoms with Crippen LogP contribution >= 0.6 is 0 Å². The van der Waals surface area contributed by atoms with Crippen molar-refractivity contribution in [2.45, 2.75) is 12.8 Å². The van der Waals surface area contributed by atoms with E-state index in [9.17, 15) is 5.26 Å². The molecule has 1 atom stereocenters. The summed E-state index contributed by atoms with van der Waals surface area (Å²) in [4.78, 5) is 0. The Balaban J connectivity index is 1.89. The lowest BCUT2D eigenvalue weighted by molar-refractivity contribution is 0.404. The molecule has 1 aliphatic rings. The summed E-state index contributed by atoms with van der Waals surface area (Å²) in [6.45, 7) is 0.718. The Labute approximate surface area is 113 Å². The van der Waals surface area contributed by atoms with E-state index in [1.165, 1.54) is 16.8 Å². The van der Waals surface area contributed by atoms with Gasteiger partial charge in [-0.15, -0.1) is 0 Å². The summed E-state index contributed by atoms with van der Waals surface area (Å²) in [5.74, 6) is 0. The van der Waals surface area contributed by atoms with Gasteiger partial charge in [-0.05, 0) is 30.0 Å². The highest BCUT2D eigenvalue weighted by Gasteiger charge is 2.34. The summed E-state index contributed by atoms with van der Waals surface area (Å²) in [5.41, 5.74) is 3.30. The standard InChI is InChI=1S/C17H16N2/c18-12-17(10-14-6-2-1-3-7-14)11-15-8-4-5-9-16(15)19-13-17/h1-9,19H,10-11,13H2. The van der Waals surface area contributed by atoms with Crippen molar-refractivity contribution in [3.05, 3.63) is 65.7 Å². The second-order valence-corrected chi connectivity index (χ2v) is 5.24. The van der Waals surface area contributed by atoms with Crippen molar-refractivity contribution in [1.82, 2.24) is 0 Å². The predicted molar refractivity (Wildman–Crippen MR) is 76.8 cm³/mol. The van der Waals surface area contributed by atoms with Gasteiger partial charge in [0.05, 0.1) is 11.5 Å². The van der Waals surface area contributed by atoms with Crippen molar-refractivity contribution in [3.63, 3.8) is 0 Å². The fraction of sp³-hybridized carbons (Fsp3) is 0.235. The number of nitriles is 1. The van der Waals surface area contributed by atoms with Crippen LogP contribution in [0.25, 0.3) is 0 Å². The largest absolute Gasteiger partial charge is 0.383 e. The van der Waals surface area contributed by atoms with Gasteiger partial charge in [0.2, 0.25) is 0 Å². The van der Waals surface area contributed by atoms with Crippen molar-refractivity contribution in [2.24, 2.45) is 5.41 Å². The second-order valence-electron chi connectivity index (χ2n) is 5.24. The smallest absolute Gasteiger partial charge is 0.0826 e. The van der Waals surface area contributed by atoms with Crippen molar-refractivity contribution < 1.29 is 0 Å². The summed E-state index contributed by atoms with van der Waals surface area (Å²) >= 11 is 0. The Morgan fingerprint density at radius 2 is 1.79 bits per heavy atom. The normalized spacial score (nSPS) is 21.0. The zero-order chi connectivity index (χ0) is 13.1. The molecule has 0 saturated heterocycles. The van der Waals surface area contributed by atoms with Crippen LogP contribution in [0.3, 0.4) is 0 Å². The van der Waals surface area contributed by atoms with Gasteiger partial charge in [-0.2, -0.15) is 5.26 Å². The minimum Gasteiger partial charge on any atom is -0.383 e. The van der Waals surface area contributed by atoms with Crippen LogP contribution in [0.4, 0.5) is 5.69 Å². The molecular weight excluding hydrogens is 232 g/mol. The van der Waals surface area contributed by atoms with E-state index in [-0.39, 0.29) is 5.41 Å². The highest BCUT2D eigenvalue weighted by Crippen LogP contribution is 2.34. The minimum atomic E-state index is -0.338. The second kappa shape index (κ2) is 4.78. The first kappa shape index (κ1) is 11.8. The number of nitrogens with zero attached hydrogens (tertiary/aromatic N) is 1. The maximum absolute atomic E-state index is 9.64. The van der Waals surface area contributed by atoms with Gasteiger partial charge < -0.3 is 5.32 Å². The maximum atomic E-state index is 9.64. The lowest BCUT2D eigenvalue weighted by Gasteiger charge is -2.33. The fourth-order valence-corrected chi connectivity index (χ4v) is 2.77. The number of benzene rings is 2. The fourth-order valence-electron chi connectivity index (χ4n) is 2.77. The average molecular weight is 248 g/mol. The molecule has 3 rings (SSSR count). The van der Waals surface area contributed by atoms with Crippen LogP contribution < -0.4 is 5.32 Å². The molecule has 2 aromatic carbocycles. The SMILES string of the molecule is N#CC1(Cc2ccccc2)CNc2ccccc2C1. The van der Waals surface area contributed by atoms with Gasteiger partial charge in [0, 0.05) is 12.2 Å². The summed E-state index contributed by atoms with van der Waals surface area (Å²) < 4.78 is 0. The van der Waals surface area contributed by atoms with Gasteiger partial charge in [0.1, 0.15) is 0 Å². The summed E-state index contributed by atoms with van der Waals surface area (Å²) in [6, 6.07) is 21.1. The molecule has 2 heteroatoms. The highest BCUT2D eigenvalue weighted by molar-refractivity contribution is 5.55. The van der Waals surface area contributed by atoms with E-state index < -0.39 is 0 Å². The number of hydrogen-bond acceptors (Lipinski definition) is 2. The molecule has 1 N–H and O–H groups in total. The molecule has 0 amide bonds. The number of rotatable bonds is 2. The number of anilines is 1. The molecule has 1 unspecified atom stereocenters. The number of fused-ring (bicyclic) bond motifs is 1. The van der Waals surface area contributed by atoms with Crippen LogP contribution in [-0.2, 0) is 12.8 Å². The molecule has 0 aromatic heterocycles. The van der Waals surface area contributed by atoms with E-state index in [0.29, 0.717) is 0 Å². The topological polar surface area (TPSA) is 35.8 Å². The molecule has 2 aromatic rings. The van der Waals surface area contributed by atoms with Crippen LogP contribution in [0.1, 0.15) is 11.1 Å². The molecule has 1 aliphatic heterocycles. The van der Waals surface area contributed by atoms with Gasteiger partial charge in [-0.1, -0.05) is 48.5 Å². The molecule has 0 fully saturated rings. The lowest BCUT2D eigenvalue weighted by atomic mass is 9.75. The first-order valence-electron chi connectivity index (χ1n) is 6.58. The van der Waals surface area contributed by atoms with Gasteiger partial charge >= 0.3 is 0 Å². The molecule has 0 aliphatic carbocycles. The zero-order valence-electron chi connectivity index (χ0n) is 10.8. The molecule has 0 radical (unpaired) electrons. The monoisotopic (exact) mass is 248 g/mol. The van der Waals surface area contributed by atoms with Crippen LogP contribution in [0.2, 0.25) is 0 Å². The van der Waals surface area contributed by atoms with E-state index in [4.69, 9.17) is 0 Å². The highest BCUT2D eigenvalue weighted by atomic mass is 14.9. The van der Waals surface area contributed by atoms with Crippen molar-refractivity contribution >= 4 is 5.69 Å². The molecule has 0 spiro atoms. The number of nitrogens with one attached hydrogen (secondary N) is 1. The lowest BCUT2D eigenvalue weighted by Crippen LogP contribution is -2.36.